The van der Waals surface area contributed by atoms with Gasteiger partial charge in [0.15, 0.2) is 0 Å². The van der Waals surface area contributed by atoms with Gasteiger partial charge in [-0.15, -0.1) is 0 Å². The third-order valence-corrected chi connectivity index (χ3v) is 5.93. The first-order valence-corrected chi connectivity index (χ1v) is 11.1. The van der Waals surface area contributed by atoms with Crippen LogP contribution in [-0.4, -0.2) is 38.9 Å². The van der Waals surface area contributed by atoms with Gasteiger partial charge >= 0.3 is 0 Å². The van der Waals surface area contributed by atoms with Gasteiger partial charge < -0.3 is 24.6 Å². The summed E-state index contributed by atoms with van der Waals surface area (Å²) in [6.45, 7) is 1.77. The summed E-state index contributed by atoms with van der Waals surface area (Å²) in [7, 11) is 4.71. The van der Waals surface area contributed by atoms with E-state index in [1.165, 1.54) is 11.9 Å². The Bertz CT molecular complexity index is 1070. The fraction of sp³-hybridized carbons (Fsp3) is 0.240. The molecule has 33 heavy (non-hydrogen) atoms. The van der Waals surface area contributed by atoms with Crippen LogP contribution >= 0.6 is 11.9 Å². The maximum absolute atomic E-state index is 13.1. The highest BCUT2D eigenvalue weighted by molar-refractivity contribution is 8.00. The van der Waals surface area contributed by atoms with Crippen molar-refractivity contribution in [2.75, 3.05) is 37.5 Å². The van der Waals surface area contributed by atoms with Crippen LogP contribution in [0.3, 0.4) is 0 Å². The Labute approximate surface area is 198 Å². The molecule has 0 heterocycles. The SMILES string of the molecule is COc1ccc(OC)c(NC(=O)CN(Sc2ccc(C(C)O)cc2)c2ccccc2OC)c1. The van der Waals surface area contributed by atoms with Crippen molar-refractivity contribution >= 4 is 29.2 Å². The molecule has 0 bridgehead atoms. The summed E-state index contributed by atoms with van der Waals surface area (Å²) < 4.78 is 18.0. The molecule has 0 aliphatic carbocycles. The molecular weight excluding hydrogens is 440 g/mol. The lowest BCUT2D eigenvalue weighted by Gasteiger charge is -2.25. The molecule has 0 fully saturated rings. The van der Waals surface area contributed by atoms with E-state index in [0.717, 1.165) is 16.1 Å². The molecule has 174 valence electrons. The summed E-state index contributed by atoms with van der Waals surface area (Å²) in [6, 6.07) is 20.3. The minimum atomic E-state index is -0.544. The predicted molar refractivity (Wildman–Crippen MR) is 131 cm³/mol. The number of carbonyl (C=O) groups excluding carboxylic acids is 1. The molecule has 0 aliphatic rings. The third-order valence-electron chi connectivity index (χ3n) is 4.90. The van der Waals surface area contributed by atoms with E-state index in [4.69, 9.17) is 14.2 Å². The van der Waals surface area contributed by atoms with Gasteiger partial charge in [-0.25, -0.2) is 0 Å². The van der Waals surface area contributed by atoms with Crippen molar-refractivity contribution in [2.24, 2.45) is 0 Å². The molecule has 0 aromatic heterocycles. The van der Waals surface area contributed by atoms with E-state index in [9.17, 15) is 9.90 Å². The van der Waals surface area contributed by atoms with Crippen molar-refractivity contribution in [1.29, 1.82) is 0 Å². The maximum atomic E-state index is 13.1. The summed E-state index contributed by atoms with van der Waals surface area (Å²) in [4.78, 5) is 14.0. The zero-order valence-corrected chi connectivity index (χ0v) is 19.9. The second kappa shape index (κ2) is 11.5. The number of para-hydroxylation sites is 2. The minimum Gasteiger partial charge on any atom is -0.497 e. The number of nitrogens with one attached hydrogen (secondary N) is 1. The lowest BCUT2D eigenvalue weighted by Crippen LogP contribution is -2.28. The fourth-order valence-corrected chi connectivity index (χ4v) is 4.11. The number of hydrogen-bond donors (Lipinski definition) is 2. The molecule has 7 nitrogen and oxygen atoms in total. The normalized spacial score (nSPS) is 11.4. The molecule has 0 saturated heterocycles. The average molecular weight is 469 g/mol. The monoisotopic (exact) mass is 468 g/mol. The Morgan fingerprint density at radius 2 is 1.67 bits per heavy atom. The van der Waals surface area contributed by atoms with Crippen molar-refractivity contribution < 1.29 is 24.1 Å². The van der Waals surface area contributed by atoms with Crippen molar-refractivity contribution in [3.63, 3.8) is 0 Å². The van der Waals surface area contributed by atoms with E-state index in [-0.39, 0.29) is 12.5 Å². The van der Waals surface area contributed by atoms with Crippen LogP contribution in [-0.2, 0) is 4.79 Å². The highest BCUT2D eigenvalue weighted by atomic mass is 32.2. The van der Waals surface area contributed by atoms with Crippen molar-refractivity contribution in [3.05, 3.63) is 72.3 Å². The number of amides is 1. The number of hydrogen-bond acceptors (Lipinski definition) is 7. The Hall–Kier alpha value is -3.36. The van der Waals surface area contributed by atoms with Gasteiger partial charge in [-0.1, -0.05) is 24.3 Å². The van der Waals surface area contributed by atoms with E-state index >= 15 is 0 Å². The molecule has 3 aromatic carbocycles. The average Bonchev–Trinajstić information content (AvgIpc) is 2.83. The molecule has 0 saturated carbocycles. The van der Waals surface area contributed by atoms with Gasteiger partial charge in [-0.05, 0) is 60.8 Å². The molecule has 1 atom stereocenters. The lowest BCUT2D eigenvalue weighted by molar-refractivity contribution is -0.114. The molecule has 0 spiro atoms. The van der Waals surface area contributed by atoms with Crippen LogP contribution < -0.4 is 23.8 Å². The first-order valence-electron chi connectivity index (χ1n) is 10.3. The van der Waals surface area contributed by atoms with Crippen LogP contribution in [0.2, 0.25) is 0 Å². The first kappa shape index (κ1) is 24.3. The van der Waals surface area contributed by atoms with Crippen molar-refractivity contribution in [1.82, 2.24) is 0 Å². The van der Waals surface area contributed by atoms with Gasteiger partial charge in [-0.3, -0.25) is 9.10 Å². The number of aliphatic hydroxyl groups is 1. The van der Waals surface area contributed by atoms with Gasteiger partial charge in [-0.2, -0.15) is 0 Å². The second-order valence-electron chi connectivity index (χ2n) is 7.16. The number of ether oxygens (including phenoxy) is 3. The van der Waals surface area contributed by atoms with Gasteiger partial charge in [0, 0.05) is 11.0 Å². The topological polar surface area (TPSA) is 80.3 Å². The van der Waals surface area contributed by atoms with E-state index in [1.807, 2.05) is 52.8 Å². The van der Waals surface area contributed by atoms with Crippen LogP contribution in [0.4, 0.5) is 11.4 Å². The standard InChI is InChI=1S/C25H28N2O5S/c1-17(28)18-9-12-20(13-10-18)33-27(22-7-5-6-8-24(22)32-4)16-25(29)26-21-15-19(30-2)11-14-23(21)31-3/h5-15,17,28H,16H2,1-4H3,(H,26,29). The van der Waals surface area contributed by atoms with Crippen LogP contribution in [0.5, 0.6) is 17.2 Å². The zero-order valence-electron chi connectivity index (χ0n) is 19.1. The van der Waals surface area contributed by atoms with Gasteiger partial charge in [0.2, 0.25) is 5.91 Å². The Kier molecular flexibility index (Phi) is 8.46. The van der Waals surface area contributed by atoms with Gasteiger partial charge in [0.1, 0.15) is 23.8 Å². The summed E-state index contributed by atoms with van der Waals surface area (Å²) in [5, 5.41) is 12.7. The van der Waals surface area contributed by atoms with Crippen LogP contribution in [0.15, 0.2) is 71.6 Å². The number of carbonyl (C=O) groups is 1. The third kappa shape index (κ3) is 6.34. The molecule has 3 aromatic rings. The minimum absolute atomic E-state index is 0.0452. The number of aliphatic hydroxyl groups excluding tert-OH is 1. The Morgan fingerprint density at radius 3 is 2.30 bits per heavy atom. The van der Waals surface area contributed by atoms with E-state index in [1.54, 1.807) is 46.5 Å². The maximum Gasteiger partial charge on any atom is 0.245 e. The molecule has 0 radical (unpaired) electrons. The molecule has 1 amide bonds. The lowest BCUT2D eigenvalue weighted by atomic mass is 10.1. The first-order chi connectivity index (χ1) is 15.9. The van der Waals surface area contributed by atoms with Crippen LogP contribution in [0, 0.1) is 0 Å². The van der Waals surface area contributed by atoms with Crippen LogP contribution in [0.1, 0.15) is 18.6 Å². The largest absolute Gasteiger partial charge is 0.497 e. The zero-order chi connectivity index (χ0) is 23.8. The quantitative estimate of drug-likeness (QED) is 0.409. The Balaban J connectivity index is 1.86. The molecule has 8 heteroatoms. The number of rotatable bonds is 10. The Morgan fingerprint density at radius 1 is 0.970 bits per heavy atom. The molecule has 0 aliphatic heterocycles. The molecule has 2 N–H and O–H groups in total. The highest BCUT2D eigenvalue weighted by Crippen LogP contribution is 2.36. The smallest absolute Gasteiger partial charge is 0.245 e. The summed E-state index contributed by atoms with van der Waals surface area (Å²) in [5.74, 6) is 1.56. The summed E-state index contributed by atoms with van der Waals surface area (Å²) in [6.07, 6.45) is -0.544. The number of methoxy groups -OCH3 is 3. The van der Waals surface area contributed by atoms with Gasteiger partial charge in [0.25, 0.3) is 0 Å². The molecule has 1 unspecified atom stereocenters. The number of nitrogens with zero attached hydrogens (tertiary/aromatic N) is 1. The van der Waals surface area contributed by atoms with Crippen molar-refractivity contribution in [3.8, 4) is 17.2 Å². The molecular formula is C25H28N2O5S. The van der Waals surface area contributed by atoms with E-state index in [0.29, 0.717) is 22.9 Å². The molecule has 3 rings (SSSR count). The van der Waals surface area contributed by atoms with Gasteiger partial charge in [0.05, 0.1) is 38.8 Å². The van der Waals surface area contributed by atoms with E-state index < -0.39 is 6.10 Å². The number of benzene rings is 3. The second-order valence-corrected chi connectivity index (χ2v) is 8.25. The van der Waals surface area contributed by atoms with Crippen molar-refractivity contribution in [2.45, 2.75) is 17.9 Å². The predicted octanol–water partition coefficient (Wildman–Crippen LogP) is 4.92. The fourth-order valence-electron chi connectivity index (χ4n) is 3.17. The number of anilines is 2. The van der Waals surface area contributed by atoms with Crippen LogP contribution in [0.25, 0.3) is 0 Å². The summed E-state index contributed by atoms with van der Waals surface area (Å²) in [5.41, 5.74) is 2.11. The summed E-state index contributed by atoms with van der Waals surface area (Å²) >= 11 is 1.40. The highest BCUT2D eigenvalue weighted by Gasteiger charge is 2.19. The van der Waals surface area contributed by atoms with E-state index in [2.05, 4.69) is 5.32 Å².